The third-order valence-electron chi connectivity index (χ3n) is 3.35. The Labute approximate surface area is 132 Å². The molecule has 0 saturated heterocycles. The minimum absolute atomic E-state index is 0.119. The van der Waals surface area contributed by atoms with Crippen molar-refractivity contribution in [1.29, 1.82) is 0 Å². The van der Waals surface area contributed by atoms with Crippen LogP contribution in [-0.2, 0) is 6.18 Å². The quantitative estimate of drug-likeness (QED) is 0.564. The molecule has 0 aliphatic heterocycles. The number of alkyl halides is 3. The van der Waals surface area contributed by atoms with Crippen LogP contribution >= 0.6 is 0 Å². The summed E-state index contributed by atoms with van der Waals surface area (Å²) in [6, 6.07) is 7.22. The molecule has 0 aliphatic carbocycles. The van der Waals surface area contributed by atoms with Gasteiger partial charge in [0.1, 0.15) is 12.7 Å². The fraction of sp³-hybridized carbons (Fsp3) is 0.0714. The average Bonchev–Trinajstić information content (AvgIpc) is 3.23. The SMILES string of the molecule is FC(F)(F)c1cnn2c(-c3cccc(-n4cncn4)c3)cnc2n1. The predicted molar refractivity (Wildman–Crippen MR) is 76.1 cm³/mol. The van der Waals surface area contributed by atoms with Gasteiger partial charge >= 0.3 is 6.18 Å². The number of aromatic nitrogens is 7. The number of imidazole rings is 1. The molecule has 24 heavy (non-hydrogen) atoms. The third kappa shape index (κ3) is 2.37. The highest BCUT2D eigenvalue weighted by Gasteiger charge is 2.33. The maximum atomic E-state index is 12.7. The summed E-state index contributed by atoms with van der Waals surface area (Å²) in [6.45, 7) is 0. The van der Waals surface area contributed by atoms with Crippen molar-refractivity contribution >= 4 is 5.78 Å². The molecule has 0 radical (unpaired) electrons. The van der Waals surface area contributed by atoms with E-state index in [4.69, 9.17) is 0 Å². The minimum atomic E-state index is -4.56. The van der Waals surface area contributed by atoms with E-state index < -0.39 is 11.9 Å². The van der Waals surface area contributed by atoms with Gasteiger partial charge in [0.15, 0.2) is 5.69 Å². The van der Waals surface area contributed by atoms with Crippen LogP contribution in [0, 0.1) is 0 Å². The lowest BCUT2D eigenvalue weighted by atomic mass is 10.1. The van der Waals surface area contributed by atoms with Gasteiger partial charge in [-0.2, -0.15) is 27.9 Å². The Bertz CT molecular complexity index is 1000. The summed E-state index contributed by atoms with van der Waals surface area (Å²) in [7, 11) is 0. The van der Waals surface area contributed by atoms with E-state index in [-0.39, 0.29) is 5.78 Å². The highest BCUT2D eigenvalue weighted by molar-refractivity contribution is 5.64. The second-order valence-corrected chi connectivity index (χ2v) is 4.88. The van der Waals surface area contributed by atoms with Gasteiger partial charge in [-0.3, -0.25) is 0 Å². The molecule has 3 aromatic heterocycles. The van der Waals surface area contributed by atoms with Gasteiger partial charge in [-0.15, -0.1) is 0 Å². The summed E-state index contributed by atoms with van der Waals surface area (Å²) >= 11 is 0. The Morgan fingerprint density at radius 3 is 2.67 bits per heavy atom. The molecule has 1 aromatic carbocycles. The van der Waals surface area contributed by atoms with Crippen LogP contribution in [-0.4, -0.2) is 34.3 Å². The first-order valence-corrected chi connectivity index (χ1v) is 6.76. The lowest BCUT2D eigenvalue weighted by molar-refractivity contribution is -0.141. The Morgan fingerprint density at radius 1 is 1.04 bits per heavy atom. The van der Waals surface area contributed by atoms with E-state index in [0.29, 0.717) is 17.5 Å². The zero-order valence-corrected chi connectivity index (χ0v) is 11.9. The lowest BCUT2D eigenvalue weighted by Gasteiger charge is -2.06. The fourth-order valence-corrected chi connectivity index (χ4v) is 2.26. The molecule has 3 heterocycles. The van der Waals surface area contributed by atoms with Gasteiger partial charge in [0.25, 0.3) is 5.78 Å². The van der Waals surface area contributed by atoms with Crippen molar-refractivity contribution in [3.63, 3.8) is 0 Å². The number of nitrogens with zero attached hydrogens (tertiary/aromatic N) is 7. The van der Waals surface area contributed by atoms with Crippen molar-refractivity contribution in [1.82, 2.24) is 34.3 Å². The molecule has 4 aromatic rings. The Balaban J connectivity index is 1.81. The maximum absolute atomic E-state index is 12.7. The predicted octanol–water partition coefficient (Wildman–Crippen LogP) is 2.39. The van der Waals surface area contributed by atoms with Crippen LogP contribution in [0.3, 0.4) is 0 Å². The van der Waals surface area contributed by atoms with Crippen LogP contribution in [0.5, 0.6) is 0 Å². The van der Waals surface area contributed by atoms with E-state index in [2.05, 4.69) is 25.1 Å². The number of benzene rings is 1. The van der Waals surface area contributed by atoms with Crippen LogP contribution in [0.2, 0.25) is 0 Å². The summed E-state index contributed by atoms with van der Waals surface area (Å²) in [4.78, 5) is 11.3. The van der Waals surface area contributed by atoms with E-state index in [0.717, 1.165) is 5.69 Å². The summed E-state index contributed by atoms with van der Waals surface area (Å²) in [5.74, 6) is -0.119. The molecule has 0 aliphatic rings. The summed E-state index contributed by atoms with van der Waals surface area (Å²) < 4.78 is 40.9. The minimum Gasteiger partial charge on any atom is -0.223 e. The van der Waals surface area contributed by atoms with E-state index in [9.17, 15) is 13.2 Å². The van der Waals surface area contributed by atoms with Crippen LogP contribution in [0.1, 0.15) is 5.69 Å². The van der Waals surface area contributed by atoms with Crippen LogP contribution in [0.4, 0.5) is 13.2 Å². The highest BCUT2D eigenvalue weighted by Crippen LogP contribution is 2.28. The van der Waals surface area contributed by atoms with Crippen molar-refractivity contribution in [3.8, 4) is 16.9 Å². The number of rotatable bonds is 2. The molecular formula is C14H8F3N7. The van der Waals surface area contributed by atoms with E-state index in [1.54, 1.807) is 29.2 Å². The molecule has 0 bridgehead atoms. The van der Waals surface area contributed by atoms with Gasteiger partial charge in [0.2, 0.25) is 0 Å². The van der Waals surface area contributed by atoms with Crippen molar-refractivity contribution < 1.29 is 13.2 Å². The van der Waals surface area contributed by atoms with Gasteiger partial charge in [-0.25, -0.2) is 19.6 Å². The Hall–Kier alpha value is -3.30. The third-order valence-corrected chi connectivity index (χ3v) is 3.35. The van der Waals surface area contributed by atoms with Gasteiger partial charge < -0.3 is 0 Å². The summed E-state index contributed by atoms with van der Waals surface area (Å²) in [5.41, 5.74) is 0.904. The number of hydrogen-bond acceptors (Lipinski definition) is 5. The number of fused-ring (bicyclic) bond motifs is 1. The maximum Gasteiger partial charge on any atom is 0.435 e. The monoisotopic (exact) mass is 331 g/mol. The van der Waals surface area contributed by atoms with Gasteiger partial charge in [0, 0.05) is 5.56 Å². The first kappa shape index (κ1) is 14.3. The molecule has 7 nitrogen and oxygen atoms in total. The van der Waals surface area contributed by atoms with Gasteiger partial charge in [0.05, 0.1) is 23.8 Å². The van der Waals surface area contributed by atoms with E-state index >= 15 is 0 Å². The van der Waals surface area contributed by atoms with Gasteiger partial charge in [-0.05, 0) is 12.1 Å². The molecule has 0 unspecified atom stereocenters. The zero-order chi connectivity index (χ0) is 16.7. The molecule has 120 valence electrons. The average molecular weight is 331 g/mol. The molecule has 10 heteroatoms. The van der Waals surface area contributed by atoms with Crippen LogP contribution < -0.4 is 0 Å². The van der Waals surface area contributed by atoms with E-state index in [1.165, 1.54) is 17.0 Å². The lowest BCUT2D eigenvalue weighted by Crippen LogP contribution is -2.11. The Morgan fingerprint density at radius 2 is 1.92 bits per heavy atom. The fourth-order valence-electron chi connectivity index (χ4n) is 2.26. The van der Waals surface area contributed by atoms with Gasteiger partial charge in [-0.1, -0.05) is 12.1 Å². The van der Waals surface area contributed by atoms with Crippen LogP contribution in [0.15, 0.2) is 49.3 Å². The number of halogens is 3. The summed E-state index contributed by atoms with van der Waals surface area (Å²) in [6.07, 6.45) is 0.497. The van der Waals surface area contributed by atoms with Crippen LogP contribution in [0.25, 0.3) is 22.7 Å². The first-order valence-electron chi connectivity index (χ1n) is 6.76. The topological polar surface area (TPSA) is 73.8 Å². The molecule has 0 saturated carbocycles. The van der Waals surface area contributed by atoms with Crippen molar-refractivity contribution in [2.24, 2.45) is 0 Å². The molecule has 0 spiro atoms. The second kappa shape index (κ2) is 5.11. The molecule has 0 amide bonds. The van der Waals surface area contributed by atoms with E-state index in [1.807, 2.05) is 6.07 Å². The van der Waals surface area contributed by atoms with Crippen molar-refractivity contribution in [2.45, 2.75) is 6.18 Å². The number of hydrogen-bond donors (Lipinski definition) is 0. The second-order valence-electron chi connectivity index (χ2n) is 4.88. The van der Waals surface area contributed by atoms with Crippen molar-refractivity contribution in [3.05, 3.63) is 55.0 Å². The van der Waals surface area contributed by atoms with Crippen molar-refractivity contribution in [2.75, 3.05) is 0 Å². The summed E-state index contributed by atoms with van der Waals surface area (Å²) in [5, 5.41) is 7.85. The zero-order valence-electron chi connectivity index (χ0n) is 11.9. The molecular weight excluding hydrogens is 323 g/mol. The molecule has 0 atom stereocenters. The molecule has 0 N–H and O–H groups in total. The largest absolute Gasteiger partial charge is 0.435 e. The molecule has 0 fully saturated rings. The standard InChI is InChI=1S/C14H8F3N7/c15-14(16,17)12-6-20-24-11(5-19-13(24)22-12)9-2-1-3-10(4-9)23-8-18-7-21-23/h1-8H. The normalized spacial score (nSPS) is 12.0. The highest BCUT2D eigenvalue weighted by atomic mass is 19.4. The Kier molecular flexibility index (Phi) is 3.05. The first-order chi connectivity index (χ1) is 11.5. The molecule has 4 rings (SSSR count). The smallest absolute Gasteiger partial charge is 0.223 e.